The fourth-order valence-corrected chi connectivity index (χ4v) is 4.23. The Hall–Kier alpha value is -2.50. The van der Waals surface area contributed by atoms with Crippen LogP contribution in [0.25, 0.3) is 0 Å². The van der Waals surface area contributed by atoms with Gasteiger partial charge in [0.15, 0.2) is 0 Å². The standard InChI is InChI=1S/C25H29F3O3/c1-2-3-4-5-18-6-8-19(9-7-18)20-10-12-21(13-11-20)24(29)30-22-14-16-23(17-15-22)31-25(26,27)28/h10-19H,2-9H2,1H3. The Morgan fingerprint density at radius 3 is 2.10 bits per heavy atom. The van der Waals surface area contributed by atoms with Gasteiger partial charge >= 0.3 is 12.3 Å². The van der Waals surface area contributed by atoms with Crippen LogP contribution in [0.1, 0.15) is 80.1 Å². The van der Waals surface area contributed by atoms with E-state index in [1.165, 1.54) is 69.1 Å². The molecule has 1 aliphatic carbocycles. The van der Waals surface area contributed by atoms with E-state index in [-0.39, 0.29) is 11.5 Å². The number of hydrogen-bond acceptors (Lipinski definition) is 3. The van der Waals surface area contributed by atoms with Gasteiger partial charge in [0, 0.05) is 0 Å². The lowest BCUT2D eigenvalue weighted by Gasteiger charge is -2.29. The molecule has 168 valence electrons. The molecule has 1 saturated carbocycles. The van der Waals surface area contributed by atoms with Crippen molar-refractivity contribution >= 4 is 5.97 Å². The zero-order valence-electron chi connectivity index (χ0n) is 17.8. The first-order chi connectivity index (χ1) is 14.8. The lowest BCUT2D eigenvalue weighted by atomic mass is 9.77. The lowest BCUT2D eigenvalue weighted by Crippen LogP contribution is -2.17. The molecule has 0 heterocycles. The van der Waals surface area contributed by atoms with Gasteiger partial charge in [0.05, 0.1) is 5.56 Å². The maximum atomic E-state index is 12.4. The highest BCUT2D eigenvalue weighted by atomic mass is 19.4. The molecule has 2 aromatic carbocycles. The highest BCUT2D eigenvalue weighted by Crippen LogP contribution is 2.37. The molecule has 1 aliphatic rings. The Morgan fingerprint density at radius 1 is 0.903 bits per heavy atom. The molecule has 3 rings (SSSR count). The molecule has 6 heteroatoms. The van der Waals surface area contributed by atoms with Crippen molar-refractivity contribution in [2.24, 2.45) is 5.92 Å². The van der Waals surface area contributed by atoms with Crippen molar-refractivity contribution in [1.29, 1.82) is 0 Å². The van der Waals surface area contributed by atoms with Crippen molar-refractivity contribution in [2.75, 3.05) is 0 Å². The third-order valence-electron chi connectivity index (χ3n) is 5.95. The number of benzene rings is 2. The zero-order chi connectivity index (χ0) is 22.3. The Kier molecular flexibility index (Phi) is 7.99. The molecule has 0 bridgehead atoms. The maximum absolute atomic E-state index is 12.4. The second kappa shape index (κ2) is 10.7. The van der Waals surface area contributed by atoms with E-state index >= 15 is 0 Å². The second-order valence-electron chi connectivity index (χ2n) is 8.24. The van der Waals surface area contributed by atoms with E-state index in [0.29, 0.717) is 11.5 Å². The number of carbonyl (C=O) groups is 1. The van der Waals surface area contributed by atoms with E-state index in [1.807, 2.05) is 12.1 Å². The summed E-state index contributed by atoms with van der Waals surface area (Å²) in [5, 5.41) is 0. The fraction of sp³-hybridized carbons (Fsp3) is 0.480. The number of hydrogen-bond donors (Lipinski definition) is 0. The lowest BCUT2D eigenvalue weighted by molar-refractivity contribution is -0.274. The van der Waals surface area contributed by atoms with Gasteiger partial charge in [-0.2, -0.15) is 0 Å². The van der Waals surface area contributed by atoms with E-state index in [4.69, 9.17) is 4.74 Å². The van der Waals surface area contributed by atoms with Gasteiger partial charge in [-0.1, -0.05) is 44.7 Å². The van der Waals surface area contributed by atoms with Gasteiger partial charge in [-0.3, -0.25) is 0 Å². The van der Waals surface area contributed by atoms with Gasteiger partial charge in [0.2, 0.25) is 0 Å². The van der Waals surface area contributed by atoms with Gasteiger partial charge < -0.3 is 9.47 Å². The molecule has 0 aromatic heterocycles. The molecule has 0 spiro atoms. The summed E-state index contributed by atoms with van der Waals surface area (Å²) in [5.74, 6) is 0.635. The SMILES string of the molecule is CCCCCC1CCC(c2ccc(C(=O)Oc3ccc(OC(F)(F)F)cc3)cc2)CC1. The molecule has 3 nitrogen and oxygen atoms in total. The third-order valence-corrected chi connectivity index (χ3v) is 5.95. The largest absolute Gasteiger partial charge is 0.573 e. The smallest absolute Gasteiger partial charge is 0.423 e. The van der Waals surface area contributed by atoms with Crippen LogP contribution < -0.4 is 9.47 Å². The van der Waals surface area contributed by atoms with Gasteiger partial charge in [0.25, 0.3) is 0 Å². The van der Waals surface area contributed by atoms with Gasteiger partial charge in [-0.25, -0.2) is 4.79 Å². The molecule has 0 unspecified atom stereocenters. The molecular formula is C25H29F3O3. The third kappa shape index (κ3) is 7.30. The quantitative estimate of drug-likeness (QED) is 0.243. The molecule has 0 N–H and O–H groups in total. The van der Waals surface area contributed by atoms with Crippen molar-refractivity contribution in [3.8, 4) is 11.5 Å². The summed E-state index contributed by atoms with van der Waals surface area (Å²) in [7, 11) is 0. The molecule has 0 radical (unpaired) electrons. The van der Waals surface area contributed by atoms with E-state index in [0.717, 1.165) is 18.1 Å². The summed E-state index contributed by atoms with van der Waals surface area (Å²) < 4.78 is 45.7. The van der Waals surface area contributed by atoms with E-state index in [2.05, 4.69) is 11.7 Å². The average Bonchev–Trinajstić information content (AvgIpc) is 2.75. The molecule has 2 aromatic rings. The van der Waals surface area contributed by atoms with Crippen molar-refractivity contribution < 1.29 is 27.4 Å². The van der Waals surface area contributed by atoms with Crippen molar-refractivity contribution in [2.45, 2.75) is 70.6 Å². The number of carbonyl (C=O) groups excluding carboxylic acids is 1. The van der Waals surface area contributed by atoms with Crippen LogP contribution in [0.5, 0.6) is 11.5 Å². The summed E-state index contributed by atoms with van der Waals surface area (Å²) in [6.45, 7) is 2.24. The van der Waals surface area contributed by atoms with Crippen molar-refractivity contribution in [3.05, 3.63) is 59.7 Å². The fourth-order valence-electron chi connectivity index (χ4n) is 4.23. The minimum Gasteiger partial charge on any atom is -0.423 e. The van der Waals surface area contributed by atoms with Crippen LogP contribution >= 0.6 is 0 Å². The minimum atomic E-state index is -4.76. The number of rotatable bonds is 8. The first kappa shape index (κ1) is 23.2. The summed E-state index contributed by atoms with van der Waals surface area (Å²) in [4.78, 5) is 12.4. The number of esters is 1. The normalized spacial score (nSPS) is 19.1. The second-order valence-corrected chi connectivity index (χ2v) is 8.24. The molecular weight excluding hydrogens is 405 g/mol. The Morgan fingerprint density at radius 2 is 1.52 bits per heavy atom. The number of ether oxygens (including phenoxy) is 2. The first-order valence-electron chi connectivity index (χ1n) is 11.0. The van der Waals surface area contributed by atoms with Crippen LogP contribution in [0.3, 0.4) is 0 Å². The number of alkyl halides is 3. The summed E-state index contributed by atoms with van der Waals surface area (Å²) in [6, 6.07) is 12.2. The van der Waals surface area contributed by atoms with E-state index in [1.54, 1.807) is 12.1 Å². The van der Waals surface area contributed by atoms with Crippen molar-refractivity contribution in [3.63, 3.8) is 0 Å². The van der Waals surface area contributed by atoms with Crippen LogP contribution in [-0.4, -0.2) is 12.3 Å². The van der Waals surface area contributed by atoms with Gasteiger partial charge in [0.1, 0.15) is 11.5 Å². The predicted molar refractivity (Wildman–Crippen MR) is 113 cm³/mol. The highest BCUT2D eigenvalue weighted by Gasteiger charge is 2.31. The zero-order valence-corrected chi connectivity index (χ0v) is 17.8. The van der Waals surface area contributed by atoms with Crippen LogP contribution in [0, 0.1) is 5.92 Å². The Bertz CT molecular complexity index is 821. The topological polar surface area (TPSA) is 35.5 Å². The number of unbranched alkanes of at least 4 members (excludes halogenated alkanes) is 2. The summed E-state index contributed by atoms with van der Waals surface area (Å²) >= 11 is 0. The van der Waals surface area contributed by atoms with Gasteiger partial charge in [-0.15, -0.1) is 13.2 Å². The van der Waals surface area contributed by atoms with E-state index in [9.17, 15) is 18.0 Å². The summed E-state index contributed by atoms with van der Waals surface area (Å²) in [5.41, 5.74) is 1.66. The Balaban J connectivity index is 1.50. The van der Waals surface area contributed by atoms with E-state index < -0.39 is 12.3 Å². The first-order valence-corrected chi connectivity index (χ1v) is 11.0. The van der Waals surface area contributed by atoms with Gasteiger partial charge in [-0.05, 0) is 79.5 Å². The summed E-state index contributed by atoms with van der Waals surface area (Å²) in [6.07, 6.45) is 5.42. The minimum absolute atomic E-state index is 0.157. The molecule has 0 atom stereocenters. The van der Waals surface area contributed by atoms with Crippen molar-refractivity contribution in [1.82, 2.24) is 0 Å². The van der Waals surface area contributed by atoms with Crippen LogP contribution in [0.2, 0.25) is 0 Å². The number of halogens is 3. The van der Waals surface area contributed by atoms with Crippen LogP contribution in [-0.2, 0) is 0 Å². The molecule has 1 fully saturated rings. The highest BCUT2D eigenvalue weighted by molar-refractivity contribution is 5.91. The Labute approximate surface area is 181 Å². The monoisotopic (exact) mass is 434 g/mol. The molecule has 0 saturated heterocycles. The molecule has 0 aliphatic heterocycles. The average molecular weight is 434 g/mol. The maximum Gasteiger partial charge on any atom is 0.573 e. The molecule has 0 amide bonds. The predicted octanol–water partition coefficient (Wildman–Crippen LogP) is 7.66. The van der Waals surface area contributed by atoms with Crippen LogP contribution in [0.4, 0.5) is 13.2 Å². The van der Waals surface area contributed by atoms with Crippen LogP contribution in [0.15, 0.2) is 48.5 Å². The molecule has 31 heavy (non-hydrogen) atoms.